The van der Waals surface area contributed by atoms with Crippen molar-refractivity contribution in [2.75, 3.05) is 0 Å². The predicted octanol–water partition coefficient (Wildman–Crippen LogP) is 1.58. The minimum Gasteiger partial charge on any atom is -0.507 e. The number of halogens is 2. The van der Waals surface area contributed by atoms with Gasteiger partial charge in [-0.2, -0.15) is 5.10 Å². The van der Waals surface area contributed by atoms with Gasteiger partial charge in [-0.15, -0.1) is 5.10 Å². The van der Waals surface area contributed by atoms with Crippen LogP contribution < -0.4 is 5.32 Å². The van der Waals surface area contributed by atoms with Crippen LogP contribution in [0.1, 0.15) is 12.0 Å². The Morgan fingerprint density at radius 1 is 1.55 bits per heavy atom. The van der Waals surface area contributed by atoms with Crippen LogP contribution >= 0.6 is 23.4 Å². The zero-order valence-corrected chi connectivity index (χ0v) is 12.4. The number of carboxylic acids is 1. The highest BCUT2D eigenvalue weighted by Gasteiger charge is 2.32. The van der Waals surface area contributed by atoms with E-state index in [0.29, 0.717) is 0 Å². The fraction of sp³-hybridized carbons (Fsp3) is 0.167. The Labute approximate surface area is 132 Å². The second-order valence-electron chi connectivity index (χ2n) is 4.14. The van der Waals surface area contributed by atoms with E-state index >= 15 is 0 Å². The highest BCUT2D eigenvalue weighted by molar-refractivity contribution is 8.15. The molecule has 1 aromatic rings. The average Bonchev–Trinajstić information content (AvgIpc) is 2.78. The van der Waals surface area contributed by atoms with Crippen molar-refractivity contribution in [1.29, 1.82) is 0 Å². The lowest BCUT2D eigenvalue weighted by Crippen LogP contribution is -2.26. The molecular weight excluding hydrogens is 337 g/mol. The third kappa shape index (κ3) is 3.74. The molecule has 10 heteroatoms. The van der Waals surface area contributed by atoms with Crippen LogP contribution in [0.5, 0.6) is 5.75 Å². The van der Waals surface area contributed by atoms with Gasteiger partial charge in [0.15, 0.2) is 11.0 Å². The molecule has 2 rings (SSSR count). The smallest absolute Gasteiger partial charge is 0.305 e. The largest absolute Gasteiger partial charge is 0.507 e. The standard InChI is InChI=1S/C12H9ClFN3O4S/c13-6-1-2-7(18)5(10(6)14)4-15-17-12-16-11(21)8(22-12)3-9(19)20/h1-2,4,8,18H,3H2,(H,19,20)(H,16,17,21). The second kappa shape index (κ2) is 6.75. The molecule has 1 aromatic carbocycles. The third-order valence-corrected chi connectivity index (χ3v) is 3.95. The number of phenolic OH excluding ortho intramolecular Hbond substituents is 1. The minimum atomic E-state index is -1.11. The van der Waals surface area contributed by atoms with Gasteiger partial charge in [0.1, 0.15) is 11.0 Å². The van der Waals surface area contributed by atoms with Crippen molar-refractivity contribution >= 4 is 46.6 Å². The van der Waals surface area contributed by atoms with Gasteiger partial charge in [-0.3, -0.25) is 9.59 Å². The van der Waals surface area contributed by atoms with E-state index in [0.717, 1.165) is 18.0 Å². The van der Waals surface area contributed by atoms with E-state index in [2.05, 4.69) is 15.5 Å². The van der Waals surface area contributed by atoms with Crippen molar-refractivity contribution in [2.24, 2.45) is 10.2 Å². The van der Waals surface area contributed by atoms with E-state index in [1.165, 1.54) is 12.1 Å². The normalized spacial score (nSPS) is 19.8. The number of hydrogen-bond acceptors (Lipinski definition) is 6. The summed E-state index contributed by atoms with van der Waals surface area (Å²) in [6, 6.07) is 2.40. The molecule has 1 unspecified atom stereocenters. The Morgan fingerprint density at radius 3 is 2.95 bits per heavy atom. The molecule has 0 radical (unpaired) electrons. The first kappa shape index (κ1) is 16.2. The first-order chi connectivity index (χ1) is 10.4. The fourth-order valence-electron chi connectivity index (χ4n) is 1.56. The number of carbonyl (C=O) groups is 2. The average molecular weight is 346 g/mol. The molecule has 3 N–H and O–H groups in total. The number of carbonyl (C=O) groups excluding carboxylic acids is 1. The van der Waals surface area contributed by atoms with Crippen LogP contribution in [-0.2, 0) is 9.59 Å². The molecule has 0 bridgehead atoms. The van der Waals surface area contributed by atoms with E-state index in [-0.39, 0.29) is 27.9 Å². The lowest BCUT2D eigenvalue weighted by atomic mass is 10.2. The summed E-state index contributed by atoms with van der Waals surface area (Å²) in [6.45, 7) is 0. The van der Waals surface area contributed by atoms with Crippen molar-refractivity contribution in [2.45, 2.75) is 11.7 Å². The van der Waals surface area contributed by atoms with Crippen LogP contribution in [-0.4, -0.2) is 38.7 Å². The Hall–Kier alpha value is -2.13. The molecular formula is C12H9ClFN3O4S. The molecule has 1 fully saturated rings. The highest BCUT2D eigenvalue weighted by Crippen LogP contribution is 2.25. The minimum absolute atomic E-state index is 0.0921. The monoisotopic (exact) mass is 345 g/mol. The maximum atomic E-state index is 13.7. The van der Waals surface area contributed by atoms with Crippen molar-refractivity contribution in [3.05, 3.63) is 28.5 Å². The third-order valence-electron chi connectivity index (χ3n) is 2.58. The topological polar surface area (TPSA) is 111 Å². The van der Waals surface area contributed by atoms with Crippen LogP contribution in [0.3, 0.4) is 0 Å². The van der Waals surface area contributed by atoms with Gasteiger partial charge in [-0.25, -0.2) is 4.39 Å². The number of amides is 1. The summed E-state index contributed by atoms with van der Waals surface area (Å²) in [5.41, 5.74) is -0.242. The zero-order chi connectivity index (χ0) is 16.3. The van der Waals surface area contributed by atoms with Gasteiger partial charge in [-0.1, -0.05) is 23.4 Å². The molecule has 7 nitrogen and oxygen atoms in total. The van der Waals surface area contributed by atoms with Gasteiger partial charge in [0, 0.05) is 0 Å². The summed E-state index contributed by atoms with van der Waals surface area (Å²) in [5, 5.41) is 26.8. The summed E-state index contributed by atoms with van der Waals surface area (Å²) in [7, 11) is 0. The number of phenols is 1. The maximum absolute atomic E-state index is 13.7. The Bertz CT molecular complexity index is 695. The van der Waals surface area contributed by atoms with Crippen molar-refractivity contribution < 1.29 is 24.2 Å². The highest BCUT2D eigenvalue weighted by atomic mass is 35.5. The Balaban J connectivity index is 2.11. The number of nitrogens with zero attached hydrogens (tertiary/aromatic N) is 2. The van der Waals surface area contributed by atoms with Crippen molar-refractivity contribution in [3.63, 3.8) is 0 Å². The molecule has 1 aliphatic rings. The maximum Gasteiger partial charge on any atom is 0.305 e. The molecule has 0 aliphatic carbocycles. The van der Waals surface area contributed by atoms with Crippen LogP contribution in [0.2, 0.25) is 5.02 Å². The van der Waals surface area contributed by atoms with Crippen molar-refractivity contribution in [1.82, 2.24) is 5.32 Å². The SMILES string of the molecule is O=C(O)CC1SC(=NN=Cc2c(O)ccc(Cl)c2F)NC1=O. The predicted molar refractivity (Wildman–Crippen MR) is 79.9 cm³/mol. The number of aromatic hydroxyl groups is 1. The van der Waals surface area contributed by atoms with Crippen molar-refractivity contribution in [3.8, 4) is 5.75 Å². The number of amidine groups is 1. The number of rotatable bonds is 4. The van der Waals surface area contributed by atoms with Crippen LogP contribution in [0.4, 0.5) is 4.39 Å². The second-order valence-corrected chi connectivity index (χ2v) is 5.74. The lowest BCUT2D eigenvalue weighted by Gasteiger charge is -2.01. The number of carboxylic acid groups (broad SMARTS) is 1. The molecule has 1 aliphatic heterocycles. The Kier molecular flexibility index (Phi) is 4.99. The van der Waals surface area contributed by atoms with Gasteiger partial charge in [-0.05, 0) is 12.1 Å². The zero-order valence-electron chi connectivity index (χ0n) is 10.8. The summed E-state index contributed by atoms with van der Waals surface area (Å²) in [6.07, 6.45) is 0.601. The molecule has 1 amide bonds. The molecule has 22 heavy (non-hydrogen) atoms. The number of nitrogens with one attached hydrogen (secondary N) is 1. The van der Waals surface area contributed by atoms with Gasteiger partial charge < -0.3 is 15.5 Å². The first-order valence-corrected chi connectivity index (χ1v) is 7.11. The summed E-state index contributed by atoms with van der Waals surface area (Å²) in [5.74, 6) is -2.81. The molecule has 0 aromatic heterocycles. The van der Waals surface area contributed by atoms with E-state index in [9.17, 15) is 19.1 Å². The number of hydrogen-bond donors (Lipinski definition) is 3. The van der Waals surface area contributed by atoms with Gasteiger partial charge in [0.05, 0.1) is 23.2 Å². The van der Waals surface area contributed by atoms with Gasteiger partial charge in [0.25, 0.3) is 0 Å². The Morgan fingerprint density at radius 2 is 2.27 bits per heavy atom. The fourth-order valence-corrected chi connectivity index (χ4v) is 2.64. The number of thioether (sulfide) groups is 1. The van der Waals surface area contributed by atoms with Crippen LogP contribution in [0.15, 0.2) is 22.3 Å². The van der Waals surface area contributed by atoms with E-state index < -0.39 is 22.9 Å². The molecule has 1 saturated heterocycles. The molecule has 1 heterocycles. The first-order valence-electron chi connectivity index (χ1n) is 5.85. The summed E-state index contributed by atoms with van der Waals surface area (Å²) >= 11 is 6.48. The molecule has 1 atom stereocenters. The van der Waals surface area contributed by atoms with Crippen LogP contribution in [0, 0.1) is 5.82 Å². The summed E-state index contributed by atoms with van der Waals surface area (Å²) < 4.78 is 13.7. The van der Waals surface area contributed by atoms with Gasteiger partial charge in [0.2, 0.25) is 5.91 Å². The lowest BCUT2D eigenvalue weighted by molar-refractivity contribution is -0.138. The van der Waals surface area contributed by atoms with E-state index in [1.807, 2.05) is 0 Å². The molecule has 0 saturated carbocycles. The van der Waals surface area contributed by atoms with Gasteiger partial charge >= 0.3 is 5.97 Å². The van der Waals surface area contributed by atoms with Crippen LogP contribution in [0.25, 0.3) is 0 Å². The quantitative estimate of drug-likeness (QED) is 0.566. The van der Waals surface area contributed by atoms with E-state index in [4.69, 9.17) is 16.7 Å². The number of aliphatic carboxylic acids is 1. The number of benzene rings is 1. The molecule has 116 valence electrons. The summed E-state index contributed by atoms with van der Waals surface area (Å²) in [4.78, 5) is 22.0. The van der Waals surface area contributed by atoms with E-state index in [1.54, 1.807) is 0 Å². The molecule has 0 spiro atoms.